The molecular weight excluding hydrogens is 347 g/mol. The minimum absolute atomic E-state index is 0.291. The minimum Gasteiger partial charge on any atom is -0.271 e. The van der Waals surface area contributed by atoms with Gasteiger partial charge in [0.15, 0.2) is 0 Å². The predicted molar refractivity (Wildman–Crippen MR) is 80.8 cm³/mol. The molecule has 0 spiro atoms. The lowest BCUT2D eigenvalue weighted by Gasteiger charge is -2.19. The average molecular weight is 362 g/mol. The van der Waals surface area contributed by atoms with Crippen LogP contribution in [0.4, 0.5) is 4.39 Å². The summed E-state index contributed by atoms with van der Waals surface area (Å²) in [5.74, 6) is 5.29. The second kappa shape index (κ2) is 6.67. The number of hydrazine groups is 1. The van der Waals surface area contributed by atoms with Gasteiger partial charge in [0, 0.05) is 17.1 Å². The zero-order valence-electron chi connectivity index (χ0n) is 10.9. The van der Waals surface area contributed by atoms with E-state index >= 15 is 0 Å². The molecular formula is C13H15BrClFN4. The van der Waals surface area contributed by atoms with Gasteiger partial charge in [-0.2, -0.15) is 5.10 Å². The molecule has 0 fully saturated rings. The van der Waals surface area contributed by atoms with E-state index in [-0.39, 0.29) is 11.9 Å². The topological polar surface area (TPSA) is 55.9 Å². The monoisotopic (exact) mass is 360 g/mol. The van der Waals surface area contributed by atoms with Crippen LogP contribution in [0.3, 0.4) is 0 Å². The highest BCUT2D eigenvalue weighted by Crippen LogP contribution is 2.29. The number of aryl methyl sites for hydroxylation is 1. The normalized spacial score (nSPS) is 12.7. The Bertz CT molecular complexity index is 582. The summed E-state index contributed by atoms with van der Waals surface area (Å²) in [6, 6.07) is 4.35. The van der Waals surface area contributed by atoms with Crippen LogP contribution in [0.1, 0.15) is 24.2 Å². The second-order valence-corrected chi connectivity index (χ2v) is 5.58. The zero-order chi connectivity index (χ0) is 14.7. The van der Waals surface area contributed by atoms with Gasteiger partial charge in [0.05, 0.1) is 22.4 Å². The van der Waals surface area contributed by atoms with E-state index in [0.29, 0.717) is 23.6 Å². The largest absolute Gasteiger partial charge is 0.271 e. The van der Waals surface area contributed by atoms with Crippen LogP contribution in [-0.4, -0.2) is 9.78 Å². The van der Waals surface area contributed by atoms with Crippen LogP contribution in [0.5, 0.6) is 0 Å². The van der Waals surface area contributed by atoms with Gasteiger partial charge in [-0.25, -0.2) is 4.39 Å². The van der Waals surface area contributed by atoms with Crippen molar-refractivity contribution in [3.8, 4) is 0 Å². The summed E-state index contributed by atoms with van der Waals surface area (Å²) in [5.41, 5.74) is 4.01. The van der Waals surface area contributed by atoms with Crippen LogP contribution in [0.2, 0.25) is 5.02 Å². The molecule has 7 heteroatoms. The molecule has 0 radical (unpaired) electrons. The Kier molecular flexibility index (Phi) is 5.15. The Morgan fingerprint density at radius 1 is 1.55 bits per heavy atom. The fraction of sp³-hybridized carbons (Fsp3) is 0.308. The van der Waals surface area contributed by atoms with Gasteiger partial charge in [-0.1, -0.05) is 17.7 Å². The Morgan fingerprint density at radius 2 is 2.30 bits per heavy atom. The zero-order valence-corrected chi connectivity index (χ0v) is 13.2. The average Bonchev–Trinajstić information content (AvgIpc) is 2.80. The molecule has 1 heterocycles. The molecule has 2 aromatic rings. The number of rotatable bonds is 5. The van der Waals surface area contributed by atoms with Gasteiger partial charge in [-0.15, -0.1) is 0 Å². The first-order chi connectivity index (χ1) is 9.58. The maximum absolute atomic E-state index is 13.9. The second-order valence-electron chi connectivity index (χ2n) is 4.32. The minimum atomic E-state index is -0.337. The first kappa shape index (κ1) is 15.4. The number of nitrogens with zero attached hydrogens (tertiary/aromatic N) is 2. The van der Waals surface area contributed by atoms with E-state index in [0.717, 1.165) is 10.2 Å². The van der Waals surface area contributed by atoms with Gasteiger partial charge in [0.2, 0.25) is 0 Å². The van der Waals surface area contributed by atoms with Gasteiger partial charge < -0.3 is 0 Å². The summed E-state index contributed by atoms with van der Waals surface area (Å²) in [6.07, 6.45) is 2.04. The molecule has 1 unspecified atom stereocenters. The quantitative estimate of drug-likeness (QED) is 0.635. The fourth-order valence-corrected chi connectivity index (χ4v) is 2.95. The van der Waals surface area contributed by atoms with Crippen LogP contribution < -0.4 is 11.3 Å². The van der Waals surface area contributed by atoms with Crippen molar-refractivity contribution in [2.24, 2.45) is 5.84 Å². The number of halogens is 3. The molecule has 1 aromatic heterocycles. The number of hydrogen-bond acceptors (Lipinski definition) is 3. The third-order valence-corrected chi connectivity index (χ3v) is 4.10. The van der Waals surface area contributed by atoms with Crippen molar-refractivity contribution < 1.29 is 4.39 Å². The van der Waals surface area contributed by atoms with Crippen molar-refractivity contribution in [1.29, 1.82) is 0 Å². The van der Waals surface area contributed by atoms with E-state index in [2.05, 4.69) is 26.5 Å². The maximum Gasteiger partial charge on any atom is 0.127 e. The first-order valence-corrected chi connectivity index (χ1v) is 7.35. The number of hydrogen-bond donors (Lipinski definition) is 2. The molecule has 1 aromatic carbocycles. The van der Waals surface area contributed by atoms with Crippen LogP contribution in [0.25, 0.3) is 0 Å². The van der Waals surface area contributed by atoms with Crippen LogP contribution in [0, 0.1) is 5.82 Å². The third kappa shape index (κ3) is 3.03. The molecule has 1 atom stereocenters. The van der Waals surface area contributed by atoms with Gasteiger partial charge >= 0.3 is 0 Å². The first-order valence-electron chi connectivity index (χ1n) is 6.18. The molecule has 0 amide bonds. The van der Waals surface area contributed by atoms with Crippen LogP contribution in [-0.2, 0) is 13.0 Å². The molecule has 20 heavy (non-hydrogen) atoms. The van der Waals surface area contributed by atoms with Gasteiger partial charge in [-0.05, 0) is 41.4 Å². The predicted octanol–water partition coefficient (Wildman–Crippen LogP) is 3.21. The van der Waals surface area contributed by atoms with Crippen molar-refractivity contribution in [3.63, 3.8) is 0 Å². The standard InChI is InChI=1S/C13H15BrClFN4/c1-2-20-13(9(14)7-18-20)12(19-17)6-8-10(15)4-3-5-11(8)16/h3-5,7,12,19H,2,6,17H2,1H3. The van der Waals surface area contributed by atoms with E-state index in [4.69, 9.17) is 17.4 Å². The summed E-state index contributed by atoms with van der Waals surface area (Å²) in [4.78, 5) is 0. The highest BCUT2D eigenvalue weighted by Gasteiger charge is 2.21. The molecule has 0 bridgehead atoms. The lowest BCUT2D eigenvalue weighted by atomic mass is 10.0. The van der Waals surface area contributed by atoms with Crippen molar-refractivity contribution in [1.82, 2.24) is 15.2 Å². The van der Waals surface area contributed by atoms with E-state index in [9.17, 15) is 4.39 Å². The lowest BCUT2D eigenvalue weighted by Crippen LogP contribution is -2.32. The molecule has 0 aliphatic rings. The number of nitrogens with one attached hydrogen (secondary N) is 1. The highest BCUT2D eigenvalue weighted by atomic mass is 79.9. The Balaban J connectivity index is 2.36. The van der Waals surface area contributed by atoms with E-state index in [1.165, 1.54) is 6.07 Å². The highest BCUT2D eigenvalue weighted by molar-refractivity contribution is 9.10. The smallest absolute Gasteiger partial charge is 0.127 e. The summed E-state index contributed by atoms with van der Waals surface area (Å²) >= 11 is 9.51. The molecule has 2 rings (SSSR count). The molecule has 0 aliphatic carbocycles. The number of benzene rings is 1. The number of aromatic nitrogens is 2. The Morgan fingerprint density at radius 3 is 2.90 bits per heavy atom. The molecule has 108 valence electrons. The van der Waals surface area contributed by atoms with Crippen LogP contribution in [0.15, 0.2) is 28.9 Å². The summed E-state index contributed by atoms with van der Waals surface area (Å²) < 4.78 is 16.5. The molecule has 0 aliphatic heterocycles. The SMILES string of the molecule is CCn1ncc(Br)c1C(Cc1c(F)cccc1Cl)NN. The summed E-state index contributed by atoms with van der Waals surface area (Å²) in [7, 11) is 0. The van der Waals surface area contributed by atoms with Gasteiger partial charge in [-0.3, -0.25) is 16.0 Å². The molecule has 0 saturated carbocycles. The van der Waals surface area contributed by atoms with Gasteiger partial charge in [0.25, 0.3) is 0 Å². The summed E-state index contributed by atoms with van der Waals surface area (Å²) in [6.45, 7) is 2.68. The number of nitrogens with two attached hydrogens (primary N) is 1. The molecule has 0 saturated heterocycles. The van der Waals surface area contributed by atoms with Crippen LogP contribution >= 0.6 is 27.5 Å². The lowest BCUT2D eigenvalue weighted by molar-refractivity contribution is 0.479. The van der Waals surface area contributed by atoms with E-state index in [1.807, 2.05) is 11.6 Å². The van der Waals surface area contributed by atoms with Crippen molar-refractivity contribution in [3.05, 3.63) is 51.0 Å². The van der Waals surface area contributed by atoms with Crippen molar-refractivity contribution >= 4 is 27.5 Å². The molecule has 4 nitrogen and oxygen atoms in total. The molecule has 3 N–H and O–H groups in total. The maximum atomic E-state index is 13.9. The Labute approximate surface area is 130 Å². The Hall–Kier alpha value is -0.950. The van der Waals surface area contributed by atoms with Crippen molar-refractivity contribution in [2.75, 3.05) is 0 Å². The van der Waals surface area contributed by atoms with Crippen molar-refractivity contribution in [2.45, 2.75) is 25.9 Å². The van der Waals surface area contributed by atoms with E-state index in [1.54, 1.807) is 18.3 Å². The van der Waals surface area contributed by atoms with E-state index < -0.39 is 0 Å². The third-order valence-electron chi connectivity index (χ3n) is 3.13. The summed E-state index contributed by atoms with van der Waals surface area (Å²) in [5, 5.41) is 4.63. The van der Waals surface area contributed by atoms with Gasteiger partial charge in [0.1, 0.15) is 5.82 Å². The fourth-order valence-electron chi connectivity index (χ4n) is 2.14.